The average molecular weight is 327 g/mol. The van der Waals surface area contributed by atoms with Crippen LogP contribution in [-0.2, 0) is 6.54 Å². The summed E-state index contributed by atoms with van der Waals surface area (Å²) in [5, 5.41) is 15.0. The molecule has 0 aliphatic carbocycles. The molecule has 0 spiro atoms. The first-order chi connectivity index (χ1) is 11.2. The lowest BCUT2D eigenvalue weighted by Crippen LogP contribution is -2.06. The summed E-state index contributed by atoms with van der Waals surface area (Å²) in [4.78, 5) is 8.64. The molecule has 3 aromatic rings. The number of nitrogens with zero attached hydrogens (tertiary/aromatic N) is 4. The molecule has 0 saturated carbocycles. The van der Waals surface area contributed by atoms with Gasteiger partial charge in [0.1, 0.15) is 0 Å². The van der Waals surface area contributed by atoms with Gasteiger partial charge in [-0.1, -0.05) is 17.7 Å². The molecule has 0 amide bonds. The Morgan fingerprint density at radius 2 is 2.09 bits per heavy atom. The molecule has 0 saturated heterocycles. The van der Waals surface area contributed by atoms with E-state index in [4.69, 9.17) is 11.6 Å². The van der Waals surface area contributed by atoms with Gasteiger partial charge in [0.2, 0.25) is 5.95 Å². The monoisotopic (exact) mass is 326 g/mol. The van der Waals surface area contributed by atoms with Crippen molar-refractivity contribution in [1.82, 2.24) is 20.2 Å². The molecule has 2 N–H and O–H groups in total. The maximum absolute atomic E-state index is 5.96. The van der Waals surface area contributed by atoms with E-state index in [2.05, 4.69) is 30.8 Å². The van der Waals surface area contributed by atoms with Gasteiger partial charge in [-0.15, -0.1) is 5.10 Å². The Labute approximate surface area is 139 Å². The van der Waals surface area contributed by atoms with Gasteiger partial charge in [0.25, 0.3) is 0 Å². The number of hydrogen-bond donors (Lipinski definition) is 2. The normalized spacial score (nSPS) is 10.3. The number of rotatable bonds is 5. The van der Waals surface area contributed by atoms with Crippen molar-refractivity contribution in [2.75, 3.05) is 10.6 Å². The first kappa shape index (κ1) is 15.2. The van der Waals surface area contributed by atoms with E-state index in [1.807, 2.05) is 43.3 Å². The Hall–Kier alpha value is -2.73. The zero-order chi connectivity index (χ0) is 16.1. The van der Waals surface area contributed by atoms with Crippen LogP contribution in [0.1, 0.15) is 11.3 Å². The fourth-order valence-electron chi connectivity index (χ4n) is 2.01. The molecule has 0 aliphatic heterocycles. The first-order valence-electron chi connectivity index (χ1n) is 7.07. The quantitative estimate of drug-likeness (QED) is 0.746. The summed E-state index contributed by atoms with van der Waals surface area (Å²) in [5.74, 6) is 1.04. The minimum Gasteiger partial charge on any atom is -0.363 e. The minimum absolute atomic E-state index is 0.418. The Bertz CT molecular complexity index is 794. The molecule has 2 aromatic heterocycles. The fourth-order valence-corrected chi connectivity index (χ4v) is 2.24. The number of benzene rings is 1. The molecule has 116 valence electrons. The lowest BCUT2D eigenvalue weighted by atomic mass is 10.2. The fraction of sp³-hybridized carbons (Fsp3) is 0.125. The molecule has 0 bridgehead atoms. The van der Waals surface area contributed by atoms with Gasteiger partial charge in [-0.2, -0.15) is 10.1 Å². The summed E-state index contributed by atoms with van der Waals surface area (Å²) in [7, 11) is 0. The number of hydrogen-bond acceptors (Lipinski definition) is 6. The third-order valence-electron chi connectivity index (χ3n) is 3.17. The van der Waals surface area contributed by atoms with Crippen molar-refractivity contribution in [3.63, 3.8) is 0 Å². The van der Waals surface area contributed by atoms with E-state index in [1.165, 1.54) is 0 Å². The predicted molar refractivity (Wildman–Crippen MR) is 90.9 cm³/mol. The molecule has 0 fully saturated rings. The van der Waals surface area contributed by atoms with Crippen molar-refractivity contribution in [3.05, 3.63) is 65.1 Å². The lowest BCUT2D eigenvalue weighted by Gasteiger charge is -2.09. The van der Waals surface area contributed by atoms with Crippen LogP contribution in [0.4, 0.5) is 17.5 Å². The summed E-state index contributed by atoms with van der Waals surface area (Å²) in [5.41, 5.74) is 2.82. The van der Waals surface area contributed by atoms with Crippen LogP contribution >= 0.6 is 11.6 Å². The Morgan fingerprint density at radius 1 is 1.17 bits per heavy atom. The largest absolute Gasteiger partial charge is 0.363 e. The number of nitrogens with one attached hydrogen (secondary N) is 2. The van der Waals surface area contributed by atoms with E-state index < -0.39 is 0 Å². The average Bonchev–Trinajstić information content (AvgIpc) is 2.57. The molecule has 0 unspecified atom stereocenters. The van der Waals surface area contributed by atoms with Crippen LogP contribution in [0.15, 0.2) is 48.8 Å². The number of aryl methyl sites for hydroxylation is 1. The summed E-state index contributed by atoms with van der Waals surface area (Å²) in [6.07, 6.45) is 3.33. The van der Waals surface area contributed by atoms with E-state index in [9.17, 15) is 0 Å². The number of halogens is 1. The van der Waals surface area contributed by atoms with Crippen LogP contribution in [0.3, 0.4) is 0 Å². The lowest BCUT2D eigenvalue weighted by molar-refractivity contribution is 0.955. The molecule has 7 heteroatoms. The number of pyridine rings is 1. The molecule has 6 nitrogen and oxygen atoms in total. The zero-order valence-electron chi connectivity index (χ0n) is 12.5. The topological polar surface area (TPSA) is 75.6 Å². The standard InChI is InChI=1S/C16H15ClN6/c1-11-8-12(17)5-6-14(11)21-16-22-15(10-20-23-16)19-9-13-4-2-3-7-18-13/h2-8,10H,9H2,1H3,(H2,19,21,22,23). The maximum Gasteiger partial charge on any atom is 0.249 e. The Kier molecular flexibility index (Phi) is 4.63. The van der Waals surface area contributed by atoms with Crippen LogP contribution < -0.4 is 10.6 Å². The number of aromatic nitrogens is 4. The van der Waals surface area contributed by atoms with Gasteiger partial charge < -0.3 is 10.6 Å². The second-order valence-corrected chi connectivity index (χ2v) is 5.36. The van der Waals surface area contributed by atoms with Crippen LogP contribution in [0.5, 0.6) is 0 Å². The second kappa shape index (κ2) is 7.02. The van der Waals surface area contributed by atoms with Crippen LogP contribution in [0.2, 0.25) is 5.02 Å². The molecular weight excluding hydrogens is 312 g/mol. The van der Waals surface area contributed by atoms with E-state index in [0.717, 1.165) is 16.9 Å². The number of anilines is 3. The molecule has 3 rings (SSSR count). The zero-order valence-corrected chi connectivity index (χ0v) is 13.2. The Balaban J connectivity index is 1.69. The molecular formula is C16H15ClN6. The summed E-state index contributed by atoms with van der Waals surface area (Å²) in [6, 6.07) is 11.3. The third kappa shape index (κ3) is 4.14. The highest BCUT2D eigenvalue weighted by molar-refractivity contribution is 6.30. The van der Waals surface area contributed by atoms with Gasteiger partial charge in [0, 0.05) is 16.9 Å². The van der Waals surface area contributed by atoms with Crippen LogP contribution in [-0.4, -0.2) is 20.2 Å². The van der Waals surface area contributed by atoms with E-state index in [1.54, 1.807) is 12.4 Å². The van der Waals surface area contributed by atoms with Crippen LogP contribution in [0, 0.1) is 6.92 Å². The molecule has 0 aliphatic rings. The highest BCUT2D eigenvalue weighted by Gasteiger charge is 2.04. The van der Waals surface area contributed by atoms with E-state index in [0.29, 0.717) is 23.3 Å². The van der Waals surface area contributed by atoms with Crippen molar-refractivity contribution in [2.24, 2.45) is 0 Å². The molecule has 1 aromatic carbocycles. The third-order valence-corrected chi connectivity index (χ3v) is 3.41. The van der Waals surface area contributed by atoms with Crippen LogP contribution in [0.25, 0.3) is 0 Å². The minimum atomic E-state index is 0.418. The first-order valence-corrected chi connectivity index (χ1v) is 7.45. The smallest absolute Gasteiger partial charge is 0.249 e. The van der Waals surface area contributed by atoms with Gasteiger partial charge in [-0.3, -0.25) is 4.98 Å². The Morgan fingerprint density at radius 3 is 2.87 bits per heavy atom. The molecule has 2 heterocycles. The molecule has 23 heavy (non-hydrogen) atoms. The van der Waals surface area contributed by atoms with Crippen molar-refractivity contribution < 1.29 is 0 Å². The second-order valence-electron chi connectivity index (χ2n) is 4.92. The van der Waals surface area contributed by atoms with Crippen molar-refractivity contribution in [3.8, 4) is 0 Å². The highest BCUT2D eigenvalue weighted by Crippen LogP contribution is 2.22. The maximum atomic E-state index is 5.96. The molecule has 0 atom stereocenters. The summed E-state index contributed by atoms with van der Waals surface area (Å²) in [6.45, 7) is 2.53. The summed E-state index contributed by atoms with van der Waals surface area (Å²) >= 11 is 5.96. The van der Waals surface area contributed by atoms with E-state index >= 15 is 0 Å². The van der Waals surface area contributed by atoms with E-state index in [-0.39, 0.29) is 0 Å². The van der Waals surface area contributed by atoms with Gasteiger partial charge in [0.05, 0.1) is 18.4 Å². The van der Waals surface area contributed by atoms with Crippen molar-refractivity contribution in [2.45, 2.75) is 13.5 Å². The predicted octanol–water partition coefficient (Wildman–Crippen LogP) is 3.58. The molecule has 0 radical (unpaired) electrons. The van der Waals surface area contributed by atoms with Gasteiger partial charge in [-0.25, -0.2) is 0 Å². The van der Waals surface area contributed by atoms with Crippen molar-refractivity contribution >= 4 is 29.1 Å². The highest BCUT2D eigenvalue weighted by atomic mass is 35.5. The van der Waals surface area contributed by atoms with Gasteiger partial charge in [0.15, 0.2) is 5.82 Å². The van der Waals surface area contributed by atoms with Gasteiger partial charge >= 0.3 is 0 Å². The SMILES string of the molecule is Cc1cc(Cl)ccc1Nc1nncc(NCc2ccccn2)n1. The van der Waals surface area contributed by atoms with Crippen molar-refractivity contribution in [1.29, 1.82) is 0 Å². The van der Waals surface area contributed by atoms with Gasteiger partial charge in [-0.05, 0) is 42.8 Å². The summed E-state index contributed by atoms with van der Waals surface area (Å²) < 4.78 is 0.